The van der Waals surface area contributed by atoms with E-state index in [0.29, 0.717) is 0 Å². The minimum absolute atomic E-state index is 1.04. The summed E-state index contributed by atoms with van der Waals surface area (Å²) in [6, 6.07) is 22.7. The van der Waals surface area contributed by atoms with Gasteiger partial charge in [-0.05, 0) is 56.0 Å². The number of benzene rings is 3. The van der Waals surface area contributed by atoms with Crippen LogP contribution in [0.3, 0.4) is 0 Å². The number of unbranched alkanes of at least 4 members (excludes halogenated alkanes) is 3. The Morgan fingerprint density at radius 3 is 2.17 bits per heavy atom. The van der Waals surface area contributed by atoms with Crippen LogP contribution < -0.4 is 4.90 Å². The fraction of sp³-hybridized carbons (Fsp3) is 0.370. The summed E-state index contributed by atoms with van der Waals surface area (Å²) in [4.78, 5) is 2.40. The third-order valence-corrected chi connectivity index (χ3v) is 6.20. The predicted octanol–water partition coefficient (Wildman–Crippen LogP) is 6.76. The first-order valence-electron chi connectivity index (χ1n) is 11.3. The molecule has 1 heterocycles. The Morgan fingerprint density at radius 2 is 1.48 bits per heavy atom. The van der Waals surface area contributed by atoms with Crippen LogP contribution in [-0.4, -0.2) is 29.9 Å². The van der Waals surface area contributed by atoms with E-state index in [1.54, 1.807) is 0 Å². The summed E-state index contributed by atoms with van der Waals surface area (Å²) in [6.45, 7) is 9.89. The third-order valence-electron chi connectivity index (χ3n) is 6.20. The molecule has 0 saturated carbocycles. The van der Waals surface area contributed by atoms with Gasteiger partial charge >= 0.3 is 0 Å². The Kier molecular flexibility index (Phi) is 5.99. The zero-order chi connectivity index (χ0) is 20.2. The summed E-state index contributed by atoms with van der Waals surface area (Å²) in [5.41, 5.74) is 6.75. The Labute approximate surface area is 175 Å². The maximum absolute atomic E-state index is 2.57. The molecule has 0 N–H and O–H groups in total. The molecule has 0 spiro atoms. The van der Waals surface area contributed by atoms with Crippen LogP contribution in [0.4, 0.5) is 11.4 Å². The number of nitrogens with zero attached hydrogens (tertiary/aromatic N) is 2. The Morgan fingerprint density at radius 1 is 0.759 bits per heavy atom. The van der Waals surface area contributed by atoms with Gasteiger partial charge in [0.15, 0.2) is 0 Å². The monoisotopic (exact) mass is 385 g/mol. The van der Waals surface area contributed by atoms with E-state index in [1.807, 2.05) is 0 Å². The maximum atomic E-state index is 2.57. The van der Waals surface area contributed by atoms with E-state index in [2.05, 4.69) is 90.9 Å². The van der Waals surface area contributed by atoms with E-state index in [4.69, 9.17) is 0 Å². The topological polar surface area (TPSA) is 6.25 Å². The Hall–Kier alpha value is -2.61. The molecule has 0 aliphatic carbocycles. The van der Waals surface area contributed by atoms with Crippen molar-refractivity contribution in [1.82, 2.24) is 0 Å². The second-order valence-corrected chi connectivity index (χ2v) is 7.96. The number of anilines is 1. The van der Waals surface area contributed by atoms with Crippen molar-refractivity contribution in [3.8, 4) is 0 Å². The van der Waals surface area contributed by atoms with E-state index >= 15 is 0 Å². The van der Waals surface area contributed by atoms with Gasteiger partial charge in [0.2, 0.25) is 11.4 Å². The third kappa shape index (κ3) is 3.69. The molecule has 0 unspecified atom stereocenters. The lowest BCUT2D eigenvalue weighted by molar-refractivity contribution is -0.436. The maximum Gasteiger partial charge on any atom is 0.221 e. The zero-order valence-electron chi connectivity index (χ0n) is 18.1. The largest absolute Gasteiger partial charge is 0.372 e. The van der Waals surface area contributed by atoms with Crippen molar-refractivity contribution in [3.05, 3.63) is 71.8 Å². The van der Waals surface area contributed by atoms with Crippen LogP contribution in [0.25, 0.3) is 10.8 Å². The first kappa shape index (κ1) is 19.7. The number of hydrogen-bond acceptors (Lipinski definition) is 1. The van der Waals surface area contributed by atoms with Crippen LogP contribution in [-0.2, 0) is 0 Å². The van der Waals surface area contributed by atoms with Crippen molar-refractivity contribution in [2.45, 2.75) is 46.5 Å². The molecule has 0 radical (unpaired) electrons. The summed E-state index contributed by atoms with van der Waals surface area (Å²) in [7, 11) is 0. The molecule has 0 amide bonds. The summed E-state index contributed by atoms with van der Waals surface area (Å²) >= 11 is 0. The van der Waals surface area contributed by atoms with Crippen molar-refractivity contribution >= 4 is 27.9 Å². The van der Waals surface area contributed by atoms with E-state index in [0.717, 1.165) is 19.6 Å². The Bertz CT molecular complexity index is 1010. The second-order valence-electron chi connectivity index (χ2n) is 7.96. The lowest BCUT2D eigenvalue weighted by atomic mass is 9.98. The van der Waals surface area contributed by atoms with E-state index < -0.39 is 0 Å². The van der Waals surface area contributed by atoms with Crippen molar-refractivity contribution in [2.24, 2.45) is 0 Å². The molecule has 0 bridgehead atoms. The smallest absolute Gasteiger partial charge is 0.221 e. The predicted molar refractivity (Wildman–Crippen MR) is 126 cm³/mol. The highest BCUT2D eigenvalue weighted by molar-refractivity contribution is 6.22. The number of hydrogen-bond donors (Lipinski definition) is 0. The van der Waals surface area contributed by atoms with Gasteiger partial charge in [0.05, 0.1) is 10.9 Å². The molecule has 2 nitrogen and oxygen atoms in total. The average molecular weight is 386 g/mol. The van der Waals surface area contributed by atoms with Crippen LogP contribution in [0, 0.1) is 0 Å². The lowest BCUT2D eigenvalue weighted by Crippen LogP contribution is -2.22. The second kappa shape index (κ2) is 8.82. The molecule has 0 fully saturated rings. The van der Waals surface area contributed by atoms with Crippen LogP contribution in [0.2, 0.25) is 0 Å². The van der Waals surface area contributed by atoms with Gasteiger partial charge in [0.1, 0.15) is 6.54 Å². The molecule has 0 atom stereocenters. The van der Waals surface area contributed by atoms with Gasteiger partial charge in [-0.25, -0.2) is 0 Å². The van der Waals surface area contributed by atoms with Gasteiger partial charge < -0.3 is 4.90 Å². The summed E-state index contributed by atoms with van der Waals surface area (Å²) < 4.78 is 2.57. The lowest BCUT2D eigenvalue weighted by Gasteiger charge is -2.21. The summed E-state index contributed by atoms with van der Waals surface area (Å²) in [5, 5.41) is 2.75. The van der Waals surface area contributed by atoms with Gasteiger partial charge in [-0.3, -0.25) is 0 Å². The van der Waals surface area contributed by atoms with Gasteiger partial charge in [-0.1, -0.05) is 44.0 Å². The highest BCUT2D eigenvalue weighted by Gasteiger charge is 2.32. The molecular formula is C27H33N2+. The molecule has 3 aromatic rings. The van der Waals surface area contributed by atoms with Gasteiger partial charge in [-0.2, -0.15) is 4.58 Å². The van der Waals surface area contributed by atoms with Crippen LogP contribution in [0.15, 0.2) is 60.7 Å². The molecule has 3 aromatic carbocycles. The molecule has 2 heteroatoms. The highest BCUT2D eigenvalue weighted by Crippen LogP contribution is 2.37. The van der Waals surface area contributed by atoms with Crippen LogP contribution in [0.1, 0.15) is 57.6 Å². The van der Waals surface area contributed by atoms with Gasteiger partial charge in [-0.15, -0.1) is 0 Å². The van der Waals surface area contributed by atoms with Crippen LogP contribution in [0.5, 0.6) is 0 Å². The first-order chi connectivity index (χ1) is 14.3. The fourth-order valence-electron chi connectivity index (χ4n) is 4.67. The first-order valence-corrected chi connectivity index (χ1v) is 11.3. The van der Waals surface area contributed by atoms with E-state index in [9.17, 15) is 0 Å². The van der Waals surface area contributed by atoms with Crippen molar-refractivity contribution in [3.63, 3.8) is 0 Å². The SMILES string of the molecule is CCCCCC[N+]1=C(c2ccc(N(CC)CC)cc2)c2cccc3cccc1c23. The van der Waals surface area contributed by atoms with E-state index in [1.165, 1.54) is 64.7 Å². The van der Waals surface area contributed by atoms with Crippen molar-refractivity contribution < 1.29 is 4.58 Å². The standard InChI is InChI=1S/C27H33N2/c1-4-7-8-9-20-29-25-15-11-13-21-12-10-14-24(26(21)25)27(29)22-16-18-23(19-17-22)28(5-2)6-3/h10-19H,4-9,20H2,1-3H3/q+1. The average Bonchev–Trinajstić information content (AvgIpc) is 3.08. The fourth-order valence-corrected chi connectivity index (χ4v) is 4.67. The summed E-state index contributed by atoms with van der Waals surface area (Å²) in [6.07, 6.45) is 5.13. The highest BCUT2D eigenvalue weighted by atomic mass is 15.1. The number of rotatable bonds is 9. The molecule has 0 saturated heterocycles. The zero-order valence-corrected chi connectivity index (χ0v) is 18.1. The molecular weight excluding hydrogens is 352 g/mol. The minimum Gasteiger partial charge on any atom is -0.372 e. The molecule has 0 aromatic heterocycles. The molecule has 1 aliphatic rings. The molecule has 4 rings (SSSR count). The quantitative estimate of drug-likeness (QED) is 0.291. The van der Waals surface area contributed by atoms with Crippen LogP contribution >= 0.6 is 0 Å². The normalized spacial score (nSPS) is 12.8. The minimum atomic E-state index is 1.04. The van der Waals surface area contributed by atoms with Crippen molar-refractivity contribution in [1.29, 1.82) is 0 Å². The van der Waals surface area contributed by atoms with Crippen molar-refractivity contribution in [2.75, 3.05) is 24.5 Å². The molecule has 1 aliphatic heterocycles. The van der Waals surface area contributed by atoms with E-state index in [-0.39, 0.29) is 0 Å². The molecule has 29 heavy (non-hydrogen) atoms. The molecule has 150 valence electrons. The summed E-state index contributed by atoms with van der Waals surface area (Å²) in [5.74, 6) is 0. The van der Waals surface area contributed by atoms with Gasteiger partial charge in [0, 0.05) is 36.8 Å². The Balaban J connectivity index is 1.78. The van der Waals surface area contributed by atoms with Gasteiger partial charge in [0.25, 0.3) is 0 Å².